The molecule has 5 aliphatic rings. The zero-order valence-corrected chi connectivity index (χ0v) is 21.4. The molecule has 36 heavy (non-hydrogen) atoms. The molecule has 4 fully saturated rings. The zero-order chi connectivity index (χ0) is 25.6. The molecule has 2 amide bonds. The summed E-state index contributed by atoms with van der Waals surface area (Å²) in [5, 5.41) is 27.6. The number of carbonyl (C=O) groups excluding carboxylic acids is 3. The smallest absolute Gasteiger partial charge is 0.259 e. The van der Waals surface area contributed by atoms with Gasteiger partial charge in [-0.25, -0.2) is 0 Å². The molecule has 7 nitrogen and oxygen atoms in total. The highest BCUT2D eigenvalue weighted by Gasteiger charge is 2.57. The molecule has 2 heterocycles. The maximum absolute atomic E-state index is 12.8. The van der Waals surface area contributed by atoms with E-state index < -0.39 is 23.8 Å². The molecule has 3 aliphatic carbocycles. The number of rotatable bonds is 1. The summed E-state index contributed by atoms with van der Waals surface area (Å²) in [6.07, 6.45) is 12.3. The Labute approximate surface area is 213 Å². The maximum atomic E-state index is 12.8. The number of amides is 2. The second-order valence-corrected chi connectivity index (χ2v) is 11.8. The number of aliphatic hydroxyl groups is 2. The van der Waals surface area contributed by atoms with Gasteiger partial charge in [-0.3, -0.25) is 14.4 Å². The molecule has 1 unspecified atom stereocenters. The lowest BCUT2D eigenvalue weighted by atomic mass is 9.62. The van der Waals surface area contributed by atoms with Gasteiger partial charge in [-0.15, -0.1) is 0 Å². The van der Waals surface area contributed by atoms with Crippen LogP contribution in [-0.2, 0) is 14.4 Å². The first kappa shape index (κ1) is 25.2. The maximum Gasteiger partial charge on any atom is 0.259 e. The molecule has 1 saturated heterocycles. The van der Waals surface area contributed by atoms with Crippen molar-refractivity contribution >= 4 is 17.6 Å². The second-order valence-electron chi connectivity index (χ2n) is 11.8. The Morgan fingerprint density at radius 3 is 2.64 bits per heavy atom. The van der Waals surface area contributed by atoms with Crippen molar-refractivity contribution in [1.29, 1.82) is 0 Å². The number of aliphatic hydroxyl groups excluding tert-OH is 2. The van der Waals surface area contributed by atoms with Crippen LogP contribution >= 0.6 is 0 Å². The van der Waals surface area contributed by atoms with E-state index in [0.717, 1.165) is 18.8 Å². The fourth-order valence-corrected chi connectivity index (χ4v) is 8.49. The van der Waals surface area contributed by atoms with Gasteiger partial charge in [-0.2, -0.15) is 0 Å². The molecule has 0 aromatic rings. The minimum Gasteiger partial charge on any atom is -0.507 e. The summed E-state index contributed by atoms with van der Waals surface area (Å²) in [5.74, 6) is 1.94. The van der Waals surface area contributed by atoms with Crippen LogP contribution in [0, 0.1) is 47.3 Å². The van der Waals surface area contributed by atoms with Gasteiger partial charge < -0.3 is 20.8 Å². The third-order valence-electron chi connectivity index (χ3n) is 10.1. The van der Waals surface area contributed by atoms with Gasteiger partial charge in [0.15, 0.2) is 5.78 Å². The topological polar surface area (TPSA) is 116 Å². The Kier molecular flexibility index (Phi) is 7.12. The Morgan fingerprint density at radius 1 is 1.06 bits per heavy atom. The molecule has 2 aliphatic heterocycles. The molecule has 2 bridgehead atoms. The normalized spacial score (nSPS) is 46.9. The van der Waals surface area contributed by atoms with Gasteiger partial charge in [0.2, 0.25) is 5.91 Å². The molecule has 0 aromatic heterocycles. The third-order valence-corrected chi connectivity index (χ3v) is 10.1. The van der Waals surface area contributed by atoms with Gasteiger partial charge in [0.25, 0.3) is 5.91 Å². The zero-order valence-electron chi connectivity index (χ0n) is 21.4. The number of carbonyl (C=O) groups is 3. The van der Waals surface area contributed by atoms with Gasteiger partial charge in [0.05, 0.1) is 12.1 Å². The molecule has 0 spiro atoms. The van der Waals surface area contributed by atoms with E-state index in [9.17, 15) is 24.6 Å². The number of fused-ring (bicyclic) bond motifs is 7. The Morgan fingerprint density at radius 2 is 1.86 bits per heavy atom. The van der Waals surface area contributed by atoms with E-state index in [1.54, 1.807) is 6.08 Å². The van der Waals surface area contributed by atoms with Gasteiger partial charge >= 0.3 is 0 Å². The number of Topliss-reactive ketones (excluding diaryl/α,β-unsaturated/α-hetero) is 1. The molecule has 4 N–H and O–H groups in total. The van der Waals surface area contributed by atoms with Crippen LogP contribution in [0.15, 0.2) is 35.6 Å². The lowest BCUT2D eigenvalue weighted by molar-refractivity contribution is -0.118. The minimum atomic E-state index is -0.680. The van der Waals surface area contributed by atoms with Gasteiger partial charge in [-0.05, 0) is 98.0 Å². The molecule has 5 rings (SSSR count). The molecule has 0 radical (unpaired) electrons. The highest BCUT2D eigenvalue weighted by atomic mass is 16.3. The summed E-state index contributed by atoms with van der Waals surface area (Å²) in [6, 6.07) is -0.680. The van der Waals surface area contributed by atoms with Gasteiger partial charge in [0, 0.05) is 6.54 Å². The molecular weight excluding hydrogens is 456 g/mol. The van der Waals surface area contributed by atoms with Crippen molar-refractivity contribution < 1.29 is 24.6 Å². The van der Waals surface area contributed by atoms with Crippen LogP contribution in [0.4, 0.5) is 0 Å². The SMILES string of the molecule is CC[C@H]1C[C@@H]2C[C@@H]3[C@H]4C/C=C\C(=O)NCCCC5NC(=O)/C(=C(O)/C=C/[C@@H]4C[C@H](O)[C@H]3[C@@H]2[C@H]1C)C5=O. The van der Waals surface area contributed by atoms with Crippen molar-refractivity contribution in [2.75, 3.05) is 6.54 Å². The summed E-state index contributed by atoms with van der Waals surface area (Å²) >= 11 is 0. The highest BCUT2D eigenvalue weighted by Crippen LogP contribution is 2.62. The Balaban J connectivity index is 1.46. The third kappa shape index (κ3) is 4.44. The fourth-order valence-electron chi connectivity index (χ4n) is 8.49. The quantitative estimate of drug-likeness (QED) is 0.416. The molecule has 10 atom stereocenters. The number of nitrogens with one attached hydrogen (secondary N) is 2. The number of ketones is 1. The lowest BCUT2D eigenvalue weighted by Crippen LogP contribution is -2.43. The van der Waals surface area contributed by atoms with Crippen LogP contribution in [0.3, 0.4) is 0 Å². The van der Waals surface area contributed by atoms with E-state index in [2.05, 4.69) is 24.5 Å². The predicted octanol–water partition coefficient (Wildman–Crippen LogP) is 3.21. The van der Waals surface area contributed by atoms with E-state index in [1.165, 1.54) is 18.9 Å². The number of hydrogen-bond acceptors (Lipinski definition) is 5. The van der Waals surface area contributed by atoms with Crippen LogP contribution in [0.5, 0.6) is 0 Å². The van der Waals surface area contributed by atoms with Crippen molar-refractivity contribution in [3.8, 4) is 0 Å². The summed E-state index contributed by atoms with van der Waals surface area (Å²) in [4.78, 5) is 37.6. The standard InChI is InChI=1S/C29H40N2O5/c1-3-16-12-18-13-20-19-6-4-8-24(34)30-11-5-7-21-28(35)27(29(36)31-21)22(32)10-9-17(19)14-23(33)26(20)25(18)15(16)2/h4,8-10,15-21,23,25-26,32-33H,3,5-7,11-14H2,1-2H3,(H,30,34)(H,31,36)/b8-4-,10-9+,27-22-/t15-,16-,17+,18+,19-,20+,21?,23-,25+,26-/m0/s1. The first-order chi connectivity index (χ1) is 17.3. The van der Waals surface area contributed by atoms with Crippen molar-refractivity contribution in [3.05, 3.63) is 35.6 Å². The first-order valence-electron chi connectivity index (χ1n) is 13.9. The van der Waals surface area contributed by atoms with Crippen molar-refractivity contribution in [2.45, 2.75) is 70.9 Å². The van der Waals surface area contributed by atoms with Crippen molar-refractivity contribution in [1.82, 2.24) is 10.6 Å². The number of hydrogen-bond donors (Lipinski definition) is 4. The summed E-state index contributed by atoms with van der Waals surface area (Å²) in [7, 11) is 0. The van der Waals surface area contributed by atoms with Gasteiger partial charge in [0.1, 0.15) is 11.3 Å². The monoisotopic (exact) mass is 496 g/mol. The van der Waals surface area contributed by atoms with Crippen molar-refractivity contribution in [3.63, 3.8) is 0 Å². The largest absolute Gasteiger partial charge is 0.507 e. The molecule has 3 saturated carbocycles. The van der Waals surface area contributed by atoms with Crippen molar-refractivity contribution in [2.24, 2.45) is 47.3 Å². The molecule has 196 valence electrons. The predicted molar refractivity (Wildman–Crippen MR) is 135 cm³/mol. The summed E-state index contributed by atoms with van der Waals surface area (Å²) < 4.78 is 0. The summed E-state index contributed by atoms with van der Waals surface area (Å²) in [6.45, 7) is 5.05. The number of allylic oxidation sites excluding steroid dienone is 3. The minimum absolute atomic E-state index is 0.0175. The van der Waals surface area contributed by atoms with E-state index in [-0.39, 0.29) is 35.0 Å². The molecular formula is C29H40N2O5. The Bertz CT molecular complexity index is 1000. The highest BCUT2D eigenvalue weighted by molar-refractivity contribution is 6.27. The van der Waals surface area contributed by atoms with E-state index in [4.69, 9.17) is 0 Å². The van der Waals surface area contributed by atoms with E-state index in [0.29, 0.717) is 49.5 Å². The average molecular weight is 497 g/mol. The lowest BCUT2D eigenvalue weighted by Gasteiger charge is -2.44. The van der Waals surface area contributed by atoms with Crippen LogP contribution in [0.25, 0.3) is 0 Å². The molecule has 7 heteroatoms. The molecule has 0 aromatic carbocycles. The first-order valence-corrected chi connectivity index (χ1v) is 13.9. The Hall–Kier alpha value is -2.41. The van der Waals surface area contributed by atoms with Crippen LogP contribution in [-0.4, -0.2) is 46.5 Å². The van der Waals surface area contributed by atoms with Crippen LogP contribution < -0.4 is 10.6 Å². The van der Waals surface area contributed by atoms with Crippen LogP contribution in [0.2, 0.25) is 0 Å². The van der Waals surface area contributed by atoms with Gasteiger partial charge in [-0.1, -0.05) is 32.4 Å². The average Bonchev–Trinajstić information content (AvgIpc) is 3.46. The van der Waals surface area contributed by atoms with E-state index in [1.807, 2.05) is 12.2 Å². The second kappa shape index (κ2) is 10.2. The van der Waals surface area contributed by atoms with Crippen LogP contribution in [0.1, 0.15) is 58.8 Å². The fraction of sp³-hybridized carbons (Fsp3) is 0.690. The summed E-state index contributed by atoms with van der Waals surface area (Å²) in [5.41, 5.74) is -0.187. The van der Waals surface area contributed by atoms with E-state index >= 15 is 0 Å².